The molecule has 0 spiro atoms. The van der Waals surface area contributed by atoms with Crippen molar-refractivity contribution >= 4 is 33.2 Å². The zero-order chi connectivity index (χ0) is 20.5. The molecule has 2 amide bonds. The van der Waals surface area contributed by atoms with Gasteiger partial charge in [0.2, 0.25) is 15.9 Å². The van der Waals surface area contributed by atoms with E-state index in [1.165, 1.54) is 33.6 Å². The predicted octanol–water partition coefficient (Wildman–Crippen LogP) is -0.214. The monoisotopic (exact) mass is 411 g/mol. The minimum absolute atomic E-state index is 0.0149. The van der Waals surface area contributed by atoms with Gasteiger partial charge in [0.15, 0.2) is 0 Å². The van der Waals surface area contributed by atoms with Crippen LogP contribution in [0.3, 0.4) is 0 Å². The van der Waals surface area contributed by atoms with Crippen LogP contribution in [-0.4, -0.2) is 61.7 Å². The summed E-state index contributed by atoms with van der Waals surface area (Å²) in [6, 6.07) is 4.14. The Kier molecular flexibility index (Phi) is 5.66. The van der Waals surface area contributed by atoms with Crippen molar-refractivity contribution in [1.29, 1.82) is 0 Å². The van der Waals surface area contributed by atoms with Gasteiger partial charge in [0.1, 0.15) is 17.6 Å². The molecule has 9 nitrogen and oxygen atoms in total. The molecule has 0 bridgehead atoms. The van der Waals surface area contributed by atoms with E-state index >= 15 is 0 Å². The maximum absolute atomic E-state index is 13.2. The van der Waals surface area contributed by atoms with Gasteiger partial charge in [-0.3, -0.25) is 14.6 Å². The summed E-state index contributed by atoms with van der Waals surface area (Å²) in [5.74, 6) is -1.57. The molecule has 28 heavy (non-hydrogen) atoms. The van der Waals surface area contributed by atoms with Crippen molar-refractivity contribution < 1.29 is 22.4 Å². The number of hydrogen-bond donors (Lipinski definition) is 2. The number of hydrazone groups is 1. The molecule has 2 aliphatic heterocycles. The quantitative estimate of drug-likeness (QED) is 0.693. The highest BCUT2D eigenvalue weighted by molar-refractivity contribution is 7.88. The number of halogens is 1. The highest BCUT2D eigenvalue weighted by atomic mass is 32.2. The molecule has 1 aromatic rings. The second kappa shape index (κ2) is 7.84. The van der Waals surface area contributed by atoms with Crippen molar-refractivity contribution in [2.75, 3.05) is 24.4 Å². The molecule has 2 atom stereocenters. The maximum Gasteiger partial charge on any atom is 0.267 e. The van der Waals surface area contributed by atoms with Crippen molar-refractivity contribution in [1.82, 2.24) is 9.62 Å². The normalized spacial score (nSPS) is 23.4. The summed E-state index contributed by atoms with van der Waals surface area (Å²) < 4.78 is 37.9. The lowest BCUT2D eigenvalue weighted by Gasteiger charge is -2.31. The Bertz CT molecular complexity index is 903. The largest absolute Gasteiger partial charge is 0.368 e. The first-order chi connectivity index (χ1) is 13.1. The van der Waals surface area contributed by atoms with E-state index in [-0.39, 0.29) is 24.7 Å². The first-order valence-corrected chi connectivity index (χ1v) is 10.7. The number of nitrogens with one attached hydrogen (secondary N) is 1. The van der Waals surface area contributed by atoms with Gasteiger partial charge in [-0.05, 0) is 37.1 Å². The van der Waals surface area contributed by atoms with Gasteiger partial charge in [-0.15, -0.1) is 0 Å². The van der Waals surface area contributed by atoms with Crippen LogP contribution in [0.15, 0.2) is 29.4 Å². The first kappa shape index (κ1) is 20.2. The number of amides is 2. The van der Waals surface area contributed by atoms with Crippen molar-refractivity contribution in [3.05, 3.63) is 30.1 Å². The van der Waals surface area contributed by atoms with Gasteiger partial charge in [-0.25, -0.2) is 17.1 Å². The zero-order valence-electron chi connectivity index (χ0n) is 15.3. The van der Waals surface area contributed by atoms with E-state index in [1.807, 2.05) is 0 Å². The second-order valence-electron chi connectivity index (χ2n) is 6.92. The summed E-state index contributed by atoms with van der Waals surface area (Å²) in [7, 11) is -3.33. The predicted molar refractivity (Wildman–Crippen MR) is 101 cm³/mol. The number of sulfonamides is 1. The Labute approximate surface area is 162 Å². The number of carbonyl (C=O) groups excluding carboxylic acids is 2. The van der Waals surface area contributed by atoms with Crippen LogP contribution in [0.1, 0.15) is 19.3 Å². The third kappa shape index (κ3) is 4.47. The second-order valence-corrected chi connectivity index (χ2v) is 8.91. The van der Waals surface area contributed by atoms with Crippen LogP contribution >= 0.6 is 0 Å². The lowest BCUT2D eigenvalue weighted by molar-refractivity contribution is -0.119. The molecule has 1 fully saturated rings. The SMILES string of the molecule is CS(=O)(=O)N1CCCC(NC(=O)C2=NN(c3ccc(F)cc3)C(C(N)=O)C2)C1. The Morgan fingerprint density at radius 1 is 1.29 bits per heavy atom. The molecule has 2 heterocycles. The van der Waals surface area contributed by atoms with Gasteiger partial charge in [-0.1, -0.05) is 0 Å². The number of nitrogens with zero attached hydrogens (tertiary/aromatic N) is 3. The fourth-order valence-electron chi connectivity index (χ4n) is 3.33. The van der Waals surface area contributed by atoms with Crippen LogP contribution in [0, 0.1) is 5.82 Å². The lowest BCUT2D eigenvalue weighted by atomic mass is 10.1. The molecule has 3 N–H and O–H groups in total. The van der Waals surface area contributed by atoms with E-state index in [0.29, 0.717) is 25.1 Å². The Balaban J connectivity index is 1.73. The number of anilines is 1. The number of primary amides is 1. The molecule has 2 unspecified atom stereocenters. The summed E-state index contributed by atoms with van der Waals surface area (Å²) >= 11 is 0. The molecule has 11 heteroatoms. The average Bonchev–Trinajstić information content (AvgIpc) is 3.08. The topological polar surface area (TPSA) is 125 Å². The van der Waals surface area contributed by atoms with Gasteiger partial charge >= 0.3 is 0 Å². The summed E-state index contributed by atoms with van der Waals surface area (Å²) in [5, 5.41) is 8.30. The zero-order valence-corrected chi connectivity index (χ0v) is 16.2. The molecular weight excluding hydrogens is 389 g/mol. The van der Waals surface area contributed by atoms with Gasteiger partial charge in [0.25, 0.3) is 5.91 Å². The minimum atomic E-state index is -3.33. The molecule has 0 radical (unpaired) electrons. The summed E-state index contributed by atoms with van der Waals surface area (Å²) in [5.41, 5.74) is 5.99. The molecule has 152 valence electrons. The number of benzene rings is 1. The number of carbonyl (C=O) groups is 2. The highest BCUT2D eigenvalue weighted by Crippen LogP contribution is 2.25. The summed E-state index contributed by atoms with van der Waals surface area (Å²) in [6.45, 7) is 0.618. The molecule has 0 saturated carbocycles. The standard InChI is InChI=1S/C17H22FN5O4S/c1-28(26,27)22-8-2-3-12(10-22)20-17(25)14-9-15(16(19)24)23(21-14)13-6-4-11(18)5-7-13/h4-7,12,15H,2-3,8-10H2,1H3,(H2,19,24)(H,20,25). The van der Waals surface area contributed by atoms with E-state index < -0.39 is 33.7 Å². The third-order valence-corrected chi connectivity index (χ3v) is 6.05. The van der Waals surface area contributed by atoms with Crippen molar-refractivity contribution in [3.8, 4) is 0 Å². The number of nitrogens with two attached hydrogens (primary N) is 1. The van der Waals surface area contributed by atoms with E-state index in [4.69, 9.17) is 5.73 Å². The highest BCUT2D eigenvalue weighted by Gasteiger charge is 2.36. The lowest BCUT2D eigenvalue weighted by Crippen LogP contribution is -2.50. The molecule has 2 aliphatic rings. The Hall–Kier alpha value is -2.53. The molecule has 0 aromatic heterocycles. The molecule has 0 aliphatic carbocycles. The summed E-state index contributed by atoms with van der Waals surface area (Å²) in [4.78, 5) is 24.4. The van der Waals surface area contributed by atoms with Gasteiger partial charge in [0.05, 0.1) is 11.9 Å². The van der Waals surface area contributed by atoms with Crippen LogP contribution in [0.25, 0.3) is 0 Å². The van der Waals surface area contributed by atoms with Crippen LogP contribution < -0.4 is 16.1 Å². The fraction of sp³-hybridized carbons (Fsp3) is 0.471. The molecule has 1 saturated heterocycles. The first-order valence-electron chi connectivity index (χ1n) is 8.82. The number of piperidine rings is 1. The van der Waals surface area contributed by atoms with Crippen molar-refractivity contribution in [2.24, 2.45) is 10.8 Å². The average molecular weight is 411 g/mol. The Morgan fingerprint density at radius 3 is 2.57 bits per heavy atom. The molecule has 1 aromatic carbocycles. The van der Waals surface area contributed by atoms with Crippen molar-refractivity contribution in [3.63, 3.8) is 0 Å². The van der Waals surface area contributed by atoms with E-state index in [2.05, 4.69) is 10.4 Å². The van der Waals surface area contributed by atoms with Crippen LogP contribution in [0.4, 0.5) is 10.1 Å². The van der Waals surface area contributed by atoms with Gasteiger partial charge < -0.3 is 11.1 Å². The molecular formula is C17H22FN5O4S. The fourth-order valence-corrected chi connectivity index (χ4v) is 4.24. The molecule has 3 rings (SSSR count). The van der Waals surface area contributed by atoms with E-state index in [9.17, 15) is 22.4 Å². The van der Waals surface area contributed by atoms with Gasteiger partial charge in [-0.2, -0.15) is 5.10 Å². The van der Waals surface area contributed by atoms with Gasteiger partial charge in [0, 0.05) is 25.6 Å². The van der Waals surface area contributed by atoms with Crippen LogP contribution in [-0.2, 0) is 19.6 Å². The van der Waals surface area contributed by atoms with E-state index in [0.717, 1.165) is 6.26 Å². The number of hydrogen-bond acceptors (Lipinski definition) is 6. The minimum Gasteiger partial charge on any atom is -0.368 e. The Morgan fingerprint density at radius 2 is 1.96 bits per heavy atom. The smallest absolute Gasteiger partial charge is 0.267 e. The van der Waals surface area contributed by atoms with E-state index in [1.54, 1.807) is 0 Å². The van der Waals surface area contributed by atoms with Crippen molar-refractivity contribution in [2.45, 2.75) is 31.3 Å². The van der Waals surface area contributed by atoms with Crippen LogP contribution in [0.5, 0.6) is 0 Å². The maximum atomic E-state index is 13.2. The summed E-state index contributed by atoms with van der Waals surface area (Å²) in [6.07, 6.45) is 2.43. The van der Waals surface area contributed by atoms with Crippen LogP contribution in [0.2, 0.25) is 0 Å². The third-order valence-electron chi connectivity index (χ3n) is 4.78. The number of rotatable bonds is 5.